The summed E-state index contributed by atoms with van der Waals surface area (Å²) >= 11 is 1.42. The number of nitrogens with one attached hydrogen (secondary N) is 2. The van der Waals surface area contributed by atoms with Gasteiger partial charge in [0, 0.05) is 23.3 Å². The molecule has 1 aliphatic carbocycles. The molecular formula is C31H39N3O4S2. The molecule has 1 saturated carbocycles. The lowest BCUT2D eigenvalue weighted by Crippen LogP contribution is -2.55. The molecular weight excluding hydrogens is 542 g/mol. The molecule has 7 nitrogen and oxygen atoms in total. The van der Waals surface area contributed by atoms with E-state index in [1.807, 2.05) is 63.2 Å². The molecule has 2 aliphatic rings. The largest absolute Gasteiger partial charge is 0.349 e. The Morgan fingerprint density at radius 1 is 1.05 bits per heavy atom. The number of carbonyl (C=O) groups is 2. The summed E-state index contributed by atoms with van der Waals surface area (Å²) in [6.45, 7) is 6.80. The fraction of sp³-hybridized carbons (Fsp3) is 0.484. The van der Waals surface area contributed by atoms with Crippen molar-refractivity contribution in [3.63, 3.8) is 0 Å². The lowest BCUT2D eigenvalue weighted by molar-refractivity contribution is -0.125. The molecule has 3 aromatic rings. The van der Waals surface area contributed by atoms with Gasteiger partial charge < -0.3 is 10.6 Å². The van der Waals surface area contributed by atoms with Crippen molar-refractivity contribution in [2.75, 3.05) is 13.1 Å². The Bertz CT molecular complexity index is 1460. The van der Waals surface area contributed by atoms with E-state index in [0.29, 0.717) is 54.5 Å². The van der Waals surface area contributed by atoms with Crippen molar-refractivity contribution in [3.05, 3.63) is 65.0 Å². The Labute approximate surface area is 241 Å². The minimum Gasteiger partial charge on any atom is -0.349 e. The summed E-state index contributed by atoms with van der Waals surface area (Å²) in [5.74, 6) is 0.0661. The van der Waals surface area contributed by atoms with Crippen LogP contribution >= 0.6 is 11.3 Å². The quantitative estimate of drug-likeness (QED) is 0.340. The molecule has 5 rings (SSSR count). The van der Waals surface area contributed by atoms with Crippen molar-refractivity contribution in [2.45, 2.75) is 81.7 Å². The SMILES string of the molecule is CC(C)C[C@H](NC(=O)c1cc2ccccc2s1)C(=O)NC1(C)CCCN(S(=O)(=O)c2ccccc2C2CC2)CC1. The molecule has 2 fully saturated rings. The Hall–Kier alpha value is -2.75. The molecule has 1 saturated heterocycles. The van der Waals surface area contributed by atoms with Crippen LogP contribution in [0.4, 0.5) is 0 Å². The van der Waals surface area contributed by atoms with Crippen LogP contribution in [-0.4, -0.2) is 49.2 Å². The number of carbonyl (C=O) groups excluding carboxylic acids is 2. The van der Waals surface area contributed by atoms with E-state index in [1.54, 1.807) is 16.4 Å². The second-order valence-electron chi connectivity index (χ2n) is 11.9. The minimum absolute atomic E-state index is 0.201. The highest BCUT2D eigenvalue weighted by Gasteiger charge is 2.38. The first-order valence-corrected chi connectivity index (χ1v) is 16.5. The summed E-state index contributed by atoms with van der Waals surface area (Å²) in [6, 6.07) is 16.4. The van der Waals surface area contributed by atoms with E-state index in [9.17, 15) is 18.0 Å². The molecule has 1 unspecified atom stereocenters. The molecule has 1 aliphatic heterocycles. The van der Waals surface area contributed by atoms with E-state index in [0.717, 1.165) is 28.5 Å². The van der Waals surface area contributed by atoms with Gasteiger partial charge in [-0.05, 0) is 86.4 Å². The number of rotatable bonds is 9. The third-order valence-corrected chi connectivity index (χ3v) is 11.1. The maximum Gasteiger partial charge on any atom is 0.262 e. The second-order valence-corrected chi connectivity index (χ2v) is 14.9. The van der Waals surface area contributed by atoms with Crippen LogP contribution in [0.15, 0.2) is 59.5 Å². The highest BCUT2D eigenvalue weighted by Crippen LogP contribution is 2.43. The monoisotopic (exact) mass is 581 g/mol. The van der Waals surface area contributed by atoms with Gasteiger partial charge in [-0.2, -0.15) is 4.31 Å². The Balaban J connectivity index is 1.27. The highest BCUT2D eigenvalue weighted by molar-refractivity contribution is 7.89. The average Bonchev–Trinajstić information content (AvgIpc) is 3.70. The standard InChI is InChI=1S/C31H39N3O4S2/c1-21(2)19-25(32-30(36)27-20-23-9-4-6-11-26(23)39-27)29(35)33-31(3)15-8-17-34(18-16-31)40(37,38)28-12-7-5-10-24(28)22-13-14-22/h4-7,9-12,20-22,25H,8,13-19H2,1-3H3,(H,32,36)(H,33,35)/t25-,31?/m0/s1. The molecule has 214 valence electrons. The second kappa shape index (κ2) is 11.6. The van der Waals surface area contributed by atoms with Gasteiger partial charge in [0.25, 0.3) is 5.91 Å². The summed E-state index contributed by atoms with van der Waals surface area (Å²) in [4.78, 5) is 27.7. The maximum atomic E-state index is 13.7. The molecule has 40 heavy (non-hydrogen) atoms. The normalized spacial score (nSPS) is 21.2. The molecule has 1 aromatic heterocycles. The molecule has 0 bridgehead atoms. The fourth-order valence-electron chi connectivity index (χ4n) is 5.62. The van der Waals surface area contributed by atoms with Gasteiger partial charge >= 0.3 is 0 Å². The number of sulfonamides is 1. The molecule has 2 heterocycles. The minimum atomic E-state index is -3.62. The molecule has 2 amide bonds. The number of hydrogen-bond acceptors (Lipinski definition) is 5. The molecule has 9 heteroatoms. The van der Waals surface area contributed by atoms with E-state index >= 15 is 0 Å². The summed E-state index contributed by atoms with van der Waals surface area (Å²) in [5, 5.41) is 7.19. The Kier molecular flexibility index (Phi) is 8.36. The predicted octanol–water partition coefficient (Wildman–Crippen LogP) is 5.67. The topological polar surface area (TPSA) is 95.6 Å². The maximum absolute atomic E-state index is 13.7. The number of fused-ring (bicyclic) bond motifs is 1. The van der Waals surface area contributed by atoms with Crippen LogP contribution < -0.4 is 10.6 Å². The smallest absolute Gasteiger partial charge is 0.262 e. The highest BCUT2D eigenvalue weighted by atomic mass is 32.2. The van der Waals surface area contributed by atoms with Crippen LogP contribution in [0.25, 0.3) is 10.1 Å². The van der Waals surface area contributed by atoms with Crippen LogP contribution in [0, 0.1) is 5.92 Å². The number of amides is 2. The van der Waals surface area contributed by atoms with Gasteiger partial charge in [-0.3, -0.25) is 9.59 Å². The average molecular weight is 582 g/mol. The van der Waals surface area contributed by atoms with Crippen molar-refractivity contribution in [2.24, 2.45) is 5.92 Å². The van der Waals surface area contributed by atoms with E-state index in [1.165, 1.54) is 11.3 Å². The third kappa shape index (κ3) is 6.42. The number of thiophene rings is 1. The Morgan fingerprint density at radius 3 is 2.50 bits per heavy atom. The van der Waals surface area contributed by atoms with Gasteiger partial charge in [-0.1, -0.05) is 50.2 Å². The lowest BCUT2D eigenvalue weighted by atomic mass is 9.92. The van der Waals surface area contributed by atoms with Gasteiger partial charge in [-0.15, -0.1) is 11.3 Å². The molecule has 0 spiro atoms. The van der Waals surface area contributed by atoms with Gasteiger partial charge in [0.05, 0.1) is 9.77 Å². The molecule has 2 N–H and O–H groups in total. The molecule has 0 radical (unpaired) electrons. The fourth-order valence-corrected chi connectivity index (χ4v) is 8.34. The zero-order valence-electron chi connectivity index (χ0n) is 23.5. The third-order valence-electron chi connectivity index (χ3n) is 8.01. The van der Waals surface area contributed by atoms with Gasteiger partial charge in [0.2, 0.25) is 15.9 Å². The van der Waals surface area contributed by atoms with Crippen molar-refractivity contribution < 1.29 is 18.0 Å². The van der Waals surface area contributed by atoms with Crippen LogP contribution in [0.3, 0.4) is 0 Å². The predicted molar refractivity (Wildman–Crippen MR) is 160 cm³/mol. The van der Waals surface area contributed by atoms with E-state index in [2.05, 4.69) is 10.6 Å². The summed E-state index contributed by atoms with van der Waals surface area (Å²) < 4.78 is 30.0. The van der Waals surface area contributed by atoms with E-state index < -0.39 is 21.6 Å². The van der Waals surface area contributed by atoms with Crippen molar-refractivity contribution in [3.8, 4) is 0 Å². The van der Waals surface area contributed by atoms with Crippen LogP contribution in [0.2, 0.25) is 0 Å². The molecule has 2 aromatic carbocycles. The summed E-state index contributed by atoms with van der Waals surface area (Å²) in [5.41, 5.74) is 0.350. The zero-order valence-corrected chi connectivity index (χ0v) is 25.1. The van der Waals surface area contributed by atoms with Gasteiger partial charge in [-0.25, -0.2) is 8.42 Å². The number of nitrogens with zero attached hydrogens (tertiary/aromatic N) is 1. The first-order valence-electron chi connectivity index (χ1n) is 14.3. The lowest BCUT2D eigenvalue weighted by Gasteiger charge is -2.32. The summed E-state index contributed by atoms with van der Waals surface area (Å²) in [7, 11) is -3.62. The van der Waals surface area contributed by atoms with Crippen LogP contribution in [-0.2, 0) is 14.8 Å². The zero-order chi connectivity index (χ0) is 28.5. The van der Waals surface area contributed by atoms with Crippen molar-refractivity contribution >= 4 is 43.3 Å². The summed E-state index contributed by atoms with van der Waals surface area (Å²) in [6.07, 6.45) is 4.39. The van der Waals surface area contributed by atoms with Crippen LogP contribution in [0.5, 0.6) is 0 Å². The first kappa shape index (κ1) is 28.8. The number of hydrogen-bond donors (Lipinski definition) is 2. The first-order chi connectivity index (χ1) is 19.1. The number of benzene rings is 2. The Morgan fingerprint density at radius 2 is 1.77 bits per heavy atom. The van der Waals surface area contributed by atoms with Gasteiger partial charge in [0.15, 0.2) is 0 Å². The van der Waals surface area contributed by atoms with Crippen molar-refractivity contribution in [1.82, 2.24) is 14.9 Å². The van der Waals surface area contributed by atoms with Gasteiger partial charge in [0.1, 0.15) is 6.04 Å². The van der Waals surface area contributed by atoms with Crippen LogP contribution in [0.1, 0.15) is 80.4 Å². The van der Waals surface area contributed by atoms with E-state index in [4.69, 9.17) is 0 Å². The van der Waals surface area contributed by atoms with Crippen molar-refractivity contribution in [1.29, 1.82) is 0 Å². The molecule has 2 atom stereocenters. The van der Waals surface area contributed by atoms with E-state index in [-0.39, 0.29) is 17.7 Å².